The minimum Gasteiger partial charge on any atom is -0.331 e. The predicted octanol–water partition coefficient (Wildman–Crippen LogP) is 5.29. The molecular weight excluding hydrogens is 365 g/mol. The maximum absolute atomic E-state index is 13.7. The molecule has 0 atom stereocenters. The Morgan fingerprint density at radius 2 is 2.00 bits per heavy atom. The van der Waals surface area contributed by atoms with Crippen LogP contribution in [0.2, 0.25) is 5.02 Å². The second-order valence-electron chi connectivity index (χ2n) is 6.55. The van der Waals surface area contributed by atoms with Gasteiger partial charge >= 0.3 is 0 Å². The number of benzene rings is 2. The van der Waals surface area contributed by atoms with E-state index in [1.54, 1.807) is 35.2 Å². The third kappa shape index (κ3) is 4.30. The van der Waals surface area contributed by atoms with Crippen molar-refractivity contribution in [2.45, 2.75) is 39.8 Å². The van der Waals surface area contributed by atoms with Crippen molar-refractivity contribution in [3.8, 4) is 0 Å². The first-order valence-corrected chi connectivity index (χ1v) is 9.60. The smallest absolute Gasteiger partial charge is 0.254 e. The number of carbonyl (C=O) groups is 1. The van der Waals surface area contributed by atoms with Crippen LogP contribution in [0.15, 0.2) is 42.5 Å². The fraction of sp³-hybridized carbons (Fsp3) is 0.333. The van der Waals surface area contributed by atoms with Crippen molar-refractivity contribution in [1.82, 2.24) is 14.5 Å². The molecule has 0 aliphatic carbocycles. The van der Waals surface area contributed by atoms with E-state index in [0.29, 0.717) is 23.7 Å². The topological polar surface area (TPSA) is 38.1 Å². The van der Waals surface area contributed by atoms with Gasteiger partial charge in [0, 0.05) is 23.7 Å². The first-order chi connectivity index (χ1) is 13.0. The summed E-state index contributed by atoms with van der Waals surface area (Å²) in [5.41, 5.74) is 2.06. The minimum atomic E-state index is -0.285. The lowest BCUT2D eigenvalue weighted by Crippen LogP contribution is -2.32. The van der Waals surface area contributed by atoms with Gasteiger partial charge in [0.1, 0.15) is 11.6 Å². The summed E-state index contributed by atoms with van der Waals surface area (Å²) in [5.74, 6) is 0.397. The van der Waals surface area contributed by atoms with E-state index in [2.05, 4.69) is 11.9 Å². The fourth-order valence-corrected chi connectivity index (χ4v) is 3.43. The van der Waals surface area contributed by atoms with E-state index in [-0.39, 0.29) is 11.7 Å². The molecule has 1 aromatic heterocycles. The normalized spacial score (nSPS) is 11.1. The molecule has 0 bridgehead atoms. The molecule has 4 nitrogen and oxygen atoms in total. The van der Waals surface area contributed by atoms with Gasteiger partial charge in [-0.2, -0.15) is 0 Å². The Bertz CT molecular complexity index is 954. The van der Waals surface area contributed by atoms with E-state index in [1.165, 1.54) is 12.1 Å². The second kappa shape index (κ2) is 8.53. The molecule has 1 amide bonds. The molecule has 0 fully saturated rings. The highest BCUT2D eigenvalue weighted by atomic mass is 35.5. The largest absolute Gasteiger partial charge is 0.331 e. The monoisotopic (exact) mass is 387 g/mol. The number of nitrogens with zero attached hydrogens (tertiary/aromatic N) is 3. The Morgan fingerprint density at radius 1 is 1.19 bits per heavy atom. The van der Waals surface area contributed by atoms with Gasteiger partial charge in [-0.05, 0) is 49.2 Å². The SMILES string of the molecule is CCCN(Cc1nc2ccc(F)cc2n1CCC)C(=O)c1cccc(Cl)c1. The molecule has 0 saturated carbocycles. The molecule has 27 heavy (non-hydrogen) atoms. The summed E-state index contributed by atoms with van der Waals surface area (Å²) in [6.07, 6.45) is 1.72. The van der Waals surface area contributed by atoms with Crippen LogP contribution >= 0.6 is 11.6 Å². The van der Waals surface area contributed by atoms with Gasteiger partial charge in [0.05, 0.1) is 17.6 Å². The summed E-state index contributed by atoms with van der Waals surface area (Å²) in [6, 6.07) is 11.6. The molecule has 2 aromatic carbocycles. The fourth-order valence-electron chi connectivity index (χ4n) is 3.24. The highest BCUT2D eigenvalue weighted by Crippen LogP contribution is 2.21. The number of hydrogen-bond acceptors (Lipinski definition) is 2. The van der Waals surface area contributed by atoms with Gasteiger partial charge in [0.15, 0.2) is 0 Å². The van der Waals surface area contributed by atoms with E-state index in [0.717, 1.165) is 36.2 Å². The van der Waals surface area contributed by atoms with Gasteiger partial charge in [0.25, 0.3) is 5.91 Å². The van der Waals surface area contributed by atoms with Crippen molar-refractivity contribution in [2.24, 2.45) is 0 Å². The molecule has 0 unspecified atom stereocenters. The molecule has 0 saturated heterocycles. The summed E-state index contributed by atoms with van der Waals surface area (Å²) < 4.78 is 15.7. The molecule has 6 heteroatoms. The Morgan fingerprint density at radius 3 is 2.70 bits per heavy atom. The summed E-state index contributed by atoms with van der Waals surface area (Å²) >= 11 is 6.04. The molecule has 0 N–H and O–H groups in total. The van der Waals surface area contributed by atoms with Crippen LogP contribution in [0.3, 0.4) is 0 Å². The van der Waals surface area contributed by atoms with Crippen molar-refractivity contribution in [3.63, 3.8) is 0 Å². The van der Waals surface area contributed by atoms with Crippen molar-refractivity contribution >= 4 is 28.5 Å². The van der Waals surface area contributed by atoms with Gasteiger partial charge < -0.3 is 9.47 Å². The van der Waals surface area contributed by atoms with E-state index in [4.69, 9.17) is 11.6 Å². The third-order valence-electron chi connectivity index (χ3n) is 4.42. The number of rotatable bonds is 7. The average molecular weight is 388 g/mol. The van der Waals surface area contributed by atoms with Crippen LogP contribution in [0.1, 0.15) is 42.9 Å². The molecule has 3 aromatic rings. The van der Waals surface area contributed by atoms with E-state index < -0.39 is 0 Å². The van der Waals surface area contributed by atoms with Crippen LogP contribution < -0.4 is 0 Å². The lowest BCUT2D eigenvalue weighted by Gasteiger charge is -2.22. The van der Waals surface area contributed by atoms with Crippen LogP contribution in [-0.4, -0.2) is 26.9 Å². The van der Waals surface area contributed by atoms with Gasteiger partial charge in [-0.3, -0.25) is 4.79 Å². The standard InChI is InChI=1S/C21H23ClFN3O/c1-3-10-25(21(27)15-6-5-7-16(22)12-15)14-20-24-18-9-8-17(23)13-19(18)26(20)11-4-2/h5-9,12-13H,3-4,10-11,14H2,1-2H3. The molecule has 0 aliphatic rings. The van der Waals surface area contributed by atoms with Gasteiger partial charge in [-0.15, -0.1) is 0 Å². The van der Waals surface area contributed by atoms with Crippen LogP contribution in [0.25, 0.3) is 11.0 Å². The summed E-state index contributed by atoms with van der Waals surface area (Å²) in [6.45, 7) is 5.80. The maximum atomic E-state index is 13.7. The number of aromatic nitrogens is 2. The van der Waals surface area contributed by atoms with E-state index in [1.807, 2.05) is 11.5 Å². The van der Waals surface area contributed by atoms with Crippen LogP contribution in [0, 0.1) is 5.82 Å². The van der Waals surface area contributed by atoms with Crippen LogP contribution in [0.5, 0.6) is 0 Å². The molecule has 3 rings (SSSR count). The lowest BCUT2D eigenvalue weighted by atomic mass is 10.2. The Labute approximate surface area is 163 Å². The second-order valence-corrected chi connectivity index (χ2v) is 6.99. The quantitative estimate of drug-likeness (QED) is 0.552. The Balaban J connectivity index is 1.96. The lowest BCUT2D eigenvalue weighted by molar-refractivity contribution is 0.0737. The molecule has 0 radical (unpaired) electrons. The van der Waals surface area contributed by atoms with Crippen molar-refractivity contribution in [2.75, 3.05) is 6.54 Å². The molecular formula is C21H23ClFN3O. The summed E-state index contributed by atoms with van der Waals surface area (Å²) in [4.78, 5) is 19.4. The average Bonchev–Trinajstić information content (AvgIpc) is 2.98. The minimum absolute atomic E-state index is 0.0827. The number of aryl methyl sites for hydroxylation is 1. The zero-order chi connectivity index (χ0) is 19.4. The van der Waals surface area contributed by atoms with E-state index >= 15 is 0 Å². The molecule has 1 heterocycles. The first kappa shape index (κ1) is 19.4. The number of imidazole rings is 1. The zero-order valence-electron chi connectivity index (χ0n) is 15.6. The van der Waals surface area contributed by atoms with Gasteiger partial charge in [0.2, 0.25) is 0 Å². The number of amides is 1. The molecule has 0 spiro atoms. The molecule has 142 valence electrons. The Kier molecular flexibility index (Phi) is 6.11. The molecule has 0 aliphatic heterocycles. The van der Waals surface area contributed by atoms with Crippen LogP contribution in [0.4, 0.5) is 4.39 Å². The number of fused-ring (bicyclic) bond motifs is 1. The highest BCUT2D eigenvalue weighted by molar-refractivity contribution is 6.30. The Hall–Kier alpha value is -2.40. The van der Waals surface area contributed by atoms with Crippen molar-refractivity contribution in [1.29, 1.82) is 0 Å². The third-order valence-corrected chi connectivity index (χ3v) is 4.66. The maximum Gasteiger partial charge on any atom is 0.254 e. The van der Waals surface area contributed by atoms with E-state index in [9.17, 15) is 9.18 Å². The number of halogens is 2. The van der Waals surface area contributed by atoms with Crippen molar-refractivity contribution < 1.29 is 9.18 Å². The van der Waals surface area contributed by atoms with Gasteiger partial charge in [-0.25, -0.2) is 9.37 Å². The summed E-state index contributed by atoms with van der Waals surface area (Å²) in [5, 5.41) is 0.533. The highest BCUT2D eigenvalue weighted by Gasteiger charge is 2.20. The zero-order valence-corrected chi connectivity index (χ0v) is 16.3. The number of carbonyl (C=O) groups excluding carboxylic acids is 1. The summed E-state index contributed by atoms with van der Waals surface area (Å²) in [7, 11) is 0. The number of hydrogen-bond donors (Lipinski definition) is 0. The van der Waals surface area contributed by atoms with Gasteiger partial charge in [-0.1, -0.05) is 31.5 Å². The first-order valence-electron chi connectivity index (χ1n) is 9.23. The predicted molar refractivity (Wildman–Crippen MR) is 106 cm³/mol. The van der Waals surface area contributed by atoms with Crippen molar-refractivity contribution in [3.05, 3.63) is 64.7 Å². The van der Waals surface area contributed by atoms with Crippen LogP contribution in [-0.2, 0) is 13.1 Å².